The molecular formula is C21H32F3NO3Si. The molecule has 0 aromatic heterocycles. The maximum absolute atomic E-state index is 12.9. The molecule has 1 aliphatic rings. The van der Waals surface area contributed by atoms with Crippen molar-refractivity contribution in [2.75, 3.05) is 6.61 Å². The summed E-state index contributed by atoms with van der Waals surface area (Å²) >= 11 is 0. The number of carbonyl (C=O) groups excluding carboxylic acids is 1. The molecule has 1 amide bonds. The van der Waals surface area contributed by atoms with E-state index in [-0.39, 0.29) is 17.1 Å². The van der Waals surface area contributed by atoms with E-state index in [9.17, 15) is 18.0 Å². The zero-order valence-electron chi connectivity index (χ0n) is 18.5. The van der Waals surface area contributed by atoms with Crippen molar-refractivity contribution in [2.45, 2.75) is 83.5 Å². The fourth-order valence-electron chi connectivity index (χ4n) is 2.78. The summed E-state index contributed by atoms with van der Waals surface area (Å²) in [5, 5.41) is 0.0164. The fraction of sp³-hybridized carbons (Fsp3) is 0.667. The molecule has 1 saturated heterocycles. The van der Waals surface area contributed by atoms with E-state index in [0.29, 0.717) is 12.2 Å². The fourth-order valence-corrected chi connectivity index (χ4v) is 3.80. The number of amides is 1. The van der Waals surface area contributed by atoms with Gasteiger partial charge in [-0.2, -0.15) is 13.2 Å². The molecule has 0 bridgehead atoms. The second-order valence-corrected chi connectivity index (χ2v) is 14.9. The van der Waals surface area contributed by atoms with Gasteiger partial charge < -0.3 is 9.16 Å². The highest BCUT2D eigenvalue weighted by Crippen LogP contribution is 2.46. The van der Waals surface area contributed by atoms with Crippen molar-refractivity contribution in [2.24, 2.45) is 0 Å². The standard InChI is InChI=1S/C21H32F3NO3Si/c1-19(2,3)28-18(26)25-16(13-27-29(7,8)20(4,5)6)17(25)14-9-11-15(12-10-14)21(22,23)24/h9-12,16-17H,13H2,1-8H3. The Kier molecular flexibility index (Phi) is 6.23. The number of rotatable bonds is 4. The second kappa shape index (κ2) is 7.61. The molecule has 8 heteroatoms. The molecule has 2 atom stereocenters. The number of alkyl halides is 3. The Morgan fingerprint density at radius 1 is 1.03 bits per heavy atom. The predicted molar refractivity (Wildman–Crippen MR) is 109 cm³/mol. The van der Waals surface area contributed by atoms with E-state index in [4.69, 9.17) is 9.16 Å². The van der Waals surface area contributed by atoms with Gasteiger partial charge in [0, 0.05) is 0 Å². The number of ether oxygens (including phenoxy) is 1. The number of nitrogens with zero attached hydrogens (tertiary/aromatic N) is 1. The summed E-state index contributed by atoms with van der Waals surface area (Å²) in [6.07, 6.45) is -4.87. The molecule has 0 saturated carbocycles. The minimum atomic E-state index is -4.39. The lowest BCUT2D eigenvalue weighted by Gasteiger charge is -2.36. The summed E-state index contributed by atoms with van der Waals surface area (Å²) in [6.45, 7) is 16.3. The van der Waals surface area contributed by atoms with Gasteiger partial charge in [-0.05, 0) is 56.6 Å². The minimum Gasteiger partial charge on any atom is -0.444 e. The summed E-state index contributed by atoms with van der Waals surface area (Å²) in [7, 11) is -2.03. The zero-order valence-corrected chi connectivity index (χ0v) is 19.5. The Labute approximate surface area is 172 Å². The number of carbonyl (C=O) groups is 1. The van der Waals surface area contributed by atoms with Crippen LogP contribution in [0.15, 0.2) is 24.3 Å². The second-order valence-electron chi connectivity index (χ2n) is 10.1. The van der Waals surface area contributed by atoms with Crippen LogP contribution in [0, 0.1) is 0 Å². The molecular weight excluding hydrogens is 399 g/mol. The average molecular weight is 432 g/mol. The maximum atomic E-state index is 12.9. The Morgan fingerprint density at radius 2 is 1.55 bits per heavy atom. The number of hydrogen-bond donors (Lipinski definition) is 0. The molecule has 1 aliphatic heterocycles. The first-order valence-electron chi connectivity index (χ1n) is 9.76. The number of halogens is 3. The van der Waals surface area contributed by atoms with Crippen molar-refractivity contribution in [3.05, 3.63) is 35.4 Å². The first-order valence-corrected chi connectivity index (χ1v) is 12.7. The molecule has 2 rings (SSSR count). The van der Waals surface area contributed by atoms with E-state index in [0.717, 1.165) is 12.1 Å². The Balaban J connectivity index is 2.21. The van der Waals surface area contributed by atoms with E-state index in [1.807, 2.05) is 0 Å². The van der Waals surface area contributed by atoms with Gasteiger partial charge in [0.2, 0.25) is 0 Å². The molecule has 0 aliphatic carbocycles. The van der Waals surface area contributed by atoms with Crippen LogP contribution >= 0.6 is 0 Å². The molecule has 0 spiro atoms. The van der Waals surface area contributed by atoms with Gasteiger partial charge in [-0.1, -0.05) is 32.9 Å². The van der Waals surface area contributed by atoms with Gasteiger partial charge in [0.1, 0.15) is 5.60 Å². The van der Waals surface area contributed by atoms with Crippen molar-refractivity contribution >= 4 is 14.4 Å². The SMILES string of the molecule is CC(C)(C)OC(=O)N1C(CO[Si](C)(C)C(C)(C)C)C1c1ccc(C(F)(F)F)cc1. The third kappa shape index (κ3) is 5.75. The third-order valence-corrected chi connectivity index (χ3v) is 10.0. The van der Waals surface area contributed by atoms with Gasteiger partial charge in [0.25, 0.3) is 0 Å². The Hall–Kier alpha value is -1.54. The summed E-state index contributed by atoms with van der Waals surface area (Å²) in [6, 6.07) is 4.35. The van der Waals surface area contributed by atoms with Crippen LogP contribution in [0.25, 0.3) is 0 Å². The smallest absolute Gasteiger partial charge is 0.416 e. The molecule has 1 aromatic rings. The molecule has 0 radical (unpaired) electrons. The highest BCUT2D eigenvalue weighted by atomic mass is 28.4. The molecule has 0 N–H and O–H groups in total. The van der Waals surface area contributed by atoms with Crippen LogP contribution in [0.1, 0.15) is 58.7 Å². The van der Waals surface area contributed by atoms with Gasteiger partial charge >= 0.3 is 12.3 Å². The van der Waals surface area contributed by atoms with Crippen LogP contribution in [0.3, 0.4) is 0 Å². The van der Waals surface area contributed by atoms with E-state index in [1.54, 1.807) is 25.7 Å². The molecule has 1 fully saturated rings. The lowest BCUT2D eigenvalue weighted by molar-refractivity contribution is -0.137. The molecule has 1 aromatic carbocycles. The zero-order chi connectivity index (χ0) is 22.4. The quantitative estimate of drug-likeness (QED) is 0.410. The van der Waals surface area contributed by atoms with Gasteiger partial charge in [-0.3, -0.25) is 4.90 Å². The van der Waals surface area contributed by atoms with Crippen LogP contribution in [0.4, 0.5) is 18.0 Å². The first kappa shape index (κ1) is 23.7. The Morgan fingerprint density at radius 3 is 1.97 bits per heavy atom. The van der Waals surface area contributed by atoms with Crippen LogP contribution in [0.2, 0.25) is 18.1 Å². The van der Waals surface area contributed by atoms with E-state index < -0.39 is 31.8 Å². The van der Waals surface area contributed by atoms with Gasteiger partial charge in [-0.25, -0.2) is 4.79 Å². The van der Waals surface area contributed by atoms with Crippen LogP contribution < -0.4 is 0 Å². The summed E-state index contributed by atoms with van der Waals surface area (Å²) in [5.74, 6) is 0. The monoisotopic (exact) mass is 431 g/mol. The number of hydrogen-bond acceptors (Lipinski definition) is 3. The highest BCUT2D eigenvalue weighted by Gasteiger charge is 2.54. The van der Waals surface area contributed by atoms with E-state index >= 15 is 0 Å². The molecule has 29 heavy (non-hydrogen) atoms. The van der Waals surface area contributed by atoms with E-state index in [2.05, 4.69) is 33.9 Å². The van der Waals surface area contributed by atoms with Crippen molar-refractivity contribution in [1.29, 1.82) is 0 Å². The summed E-state index contributed by atoms with van der Waals surface area (Å²) < 4.78 is 50.4. The van der Waals surface area contributed by atoms with Gasteiger partial charge in [0.15, 0.2) is 8.32 Å². The van der Waals surface area contributed by atoms with Crippen molar-refractivity contribution in [3.8, 4) is 0 Å². The topological polar surface area (TPSA) is 38.5 Å². The lowest BCUT2D eigenvalue weighted by atomic mass is 10.1. The maximum Gasteiger partial charge on any atom is 0.416 e. The minimum absolute atomic E-state index is 0.0164. The first-order chi connectivity index (χ1) is 12.9. The molecule has 164 valence electrons. The normalized spacial score (nSPS) is 20.6. The number of benzene rings is 1. The average Bonchev–Trinajstić information content (AvgIpc) is 3.24. The summed E-state index contributed by atoms with van der Waals surface area (Å²) in [5.41, 5.74) is -0.720. The van der Waals surface area contributed by atoms with Crippen molar-refractivity contribution in [3.63, 3.8) is 0 Å². The predicted octanol–water partition coefficient (Wildman–Crippen LogP) is 6.39. The Bertz CT molecular complexity index is 734. The van der Waals surface area contributed by atoms with Gasteiger partial charge in [0.05, 0.1) is 24.3 Å². The molecule has 2 unspecified atom stereocenters. The lowest BCUT2D eigenvalue weighted by Crippen LogP contribution is -2.42. The largest absolute Gasteiger partial charge is 0.444 e. The highest BCUT2D eigenvalue weighted by molar-refractivity contribution is 6.74. The third-order valence-electron chi connectivity index (χ3n) is 5.54. The molecule has 1 heterocycles. The van der Waals surface area contributed by atoms with Crippen LogP contribution in [-0.2, 0) is 15.3 Å². The van der Waals surface area contributed by atoms with E-state index in [1.165, 1.54) is 12.1 Å². The van der Waals surface area contributed by atoms with Crippen molar-refractivity contribution in [1.82, 2.24) is 4.90 Å². The van der Waals surface area contributed by atoms with Crippen molar-refractivity contribution < 1.29 is 27.1 Å². The summed E-state index contributed by atoms with van der Waals surface area (Å²) in [4.78, 5) is 14.2. The van der Waals surface area contributed by atoms with Crippen LogP contribution in [0.5, 0.6) is 0 Å². The van der Waals surface area contributed by atoms with Crippen LogP contribution in [-0.4, -0.2) is 37.6 Å². The molecule has 4 nitrogen and oxygen atoms in total. The van der Waals surface area contributed by atoms with Gasteiger partial charge in [-0.15, -0.1) is 0 Å².